The molecule has 0 spiro atoms. The molecule has 0 saturated heterocycles. The van der Waals surface area contributed by atoms with E-state index in [1.807, 2.05) is 55.4 Å². The summed E-state index contributed by atoms with van der Waals surface area (Å²) in [6.45, 7) is 0.858. The molecule has 0 bridgehead atoms. The zero-order valence-electron chi connectivity index (χ0n) is 25.4. The number of aromatic nitrogens is 3. The van der Waals surface area contributed by atoms with Crippen molar-refractivity contribution in [2.45, 2.75) is 6.54 Å². The Hall–Kier alpha value is -5.19. The zero-order chi connectivity index (χ0) is 31.9. The van der Waals surface area contributed by atoms with Crippen molar-refractivity contribution in [3.05, 3.63) is 112 Å². The molecule has 5 rings (SSSR count). The number of benzene rings is 2. The summed E-state index contributed by atoms with van der Waals surface area (Å²) in [6, 6.07) is 18.0. The molecule has 2 aromatic carbocycles. The van der Waals surface area contributed by atoms with Crippen molar-refractivity contribution in [1.29, 1.82) is 0 Å². The normalized spacial score (nSPS) is 11.2. The van der Waals surface area contributed by atoms with Gasteiger partial charge in [-0.15, -0.1) is 0 Å². The summed E-state index contributed by atoms with van der Waals surface area (Å²) in [5.74, 6) is 1.20. The van der Waals surface area contributed by atoms with Gasteiger partial charge in [0.05, 0.1) is 31.3 Å². The van der Waals surface area contributed by atoms with E-state index in [1.165, 1.54) is 20.3 Å². The molecule has 0 radical (unpaired) electrons. The summed E-state index contributed by atoms with van der Waals surface area (Å²) in [7, 11) is 6.91. The number of rotatable bonds is 11. The number of carbonyl (C=O) groups excluding carboxylic acids is 1. The van der Waals surface area contributed by atoms with Crippen molar-refractivity contribution >= 4 is 45.6 Å². The fourth-order valence-electron chi connectivity index (χ4n) is 4.79. The largest absolute Gasteiger partial charge is 0.497 e. The van der Waals surface area contributed by atoms with Crippen LogP contribution in [0.1, 0.15) is 5.56 Å². The Kier molecular flexibility index (Phi) is 9.76. The van der Waals surface area contributed by atoms with Gasteiger partial charge >= 0.3 is 0 Å². The lowest BCUT2D eigenvalue weighted by Crippen LogP contribution is -2.23. The first-order valence-electron chi connectivity index (χ1n) is 14.1. The number of halogens is 1. The third-order valence-electron chi connectivity index (χ3n) is 6.96. The van der Waals surface area contributed by atoms with Gasteiger partial charge in [-0.3, -0.25) is 14.6 Å². The first kappa shape index (κ1) is 31.2. The van der Waals surface area contributed by atoms with E-state index in [1.54, 1.807) is 53.5 Å². The van der Waals surface area contributed by atoms with E-state index in [9.17, 15) is 9.59 Å². The molecule has 0 aliphatic rings. The molecule has 2 N–H and O–H groups in total. The molecule has 5 aromatic rings. The van der Waals surface area contributed by atoms with E-state index in [4.69, 9.17) is 21.1 Å². The summed E-state index contributed by atoms with van der Waals surface area (Å²) in [5.41, 5.74) is 3.43. The predicted molar refractivity (Wildman–Crippen MR) is 179 cm³/mol. The van der Waals surface area contributed by atoms with Crippen LogP contribution in [-0.4, -0.2) is 60.2 Å². The van der Waals surface area contributed by atoms with Gasteiger partial charge in [0.1, 0.15) is 17.3 Å². The van der Waals surface area contributed by atoms with Crippen LogP contribution < -0.4 is 25.7 Å². The second-order valence-electron chi connectivity index (χ2n) is 10.5. The molecule has 11 heteroatoms. The van der Waals surface area contributed by atoms with Crippen LogP contribution in [0.25, 0.3) is 22.0 Å². The molecular weight excluding hydrogens is 592 g/mol. The standard InChI is InChI=1S/C34H33ClN6O4/c1-40(2)14-6-9-32(42)39-25-8-5-7-22(15-25)21-41-29-19-31(38-24-10-12-36-13-11-24)37-20-23(29)16-28(34(41)43)27-17-26(44-3)18-30(45-4)33(27)35/h5-13,15-20H,14,21H2,1-4H3,(H,39,42)(H,36,37,38)/b9-6+. The lowest BCUT2D eigenvalue weighted by Gasteiger charge is -2.17. The van der Waals surface area contributed by atoms with Crippen LogP contribution in [-0.2, 0) is 11.3 Å². The lowest BCUT2D eigenvalue weighted by molar-refractivity contribution is -0.111. The van der Waals surface area contributed by atoms with Gasteiger partial charge in [-0.2, -0.15) is 0 Å². The fourth-order valence-corrected chi connectivity index (χ4v) is 5.08. The minimum absolute atomic E-state index is 0.209. The molecule has 230 valence electrons. The Bertz CT molecular complexity index is 1920. The molecule has 0 atom stereocenters. The summed E-state index contributed by atoms with van der Waals surface area (Å²) in [5, 5.41) is 7.18. The number of nitrogens with one attached hydrogen (secondary N) is 2. The van der Waals surface area contributed by atoms with Crippen LogP contribution >= 0.6 is 11.6 Å². The molecule has 3 heterocycles. The number of ether oxygens (including phenoxy) is 2. The molecule has 0 saturated carbocycles. The molecule has 45 heavy (non-hydrogen) atoms. The number of likely N-dealkylation sites (N-methyl/N-ethyl adjacent to an activating group) is 1. The van der Waals surface area contributed by atoms with Crippen molar-refractivity contribution in [3.63, 3.8) is 0 Å². The molecule has 1 amide bonds. The molecule has 0 aliphatic carbocycles. The van der Waals surface area contributed by atoms with E-state index >= 15 is 0 Å². The van der Waals surface area contributed by atoms with Gasteiger partial charge in [0.2, 0.25) is 5.91 Å². The van der Waals surface area contributed by atoms with Gasteiger partial charge in [0, 0.05) is 71.2 Å². The highest BCUT2D eigenvalue weighted by Gasteiger charge is 2.19. The zero-order valence-corrected chi connectivity index (χ0v) is 26.1. The van der Waals surface area contributed by atoms with E-state index in [-0.39, 0.29) is 23.0 Å². The topological polar surface area (TPSA) is 111 Å². The molecule has 3 aromatic heterocycles. The number of fused-ring (bicyclic) bond motifs is 1. The van der Waals surface area contributed by atoms with Crippen LogP contribution in [0.4, 0.5) is 17.2 Å². The Balaban J connectivity index is 1.60. The number of anilines is 3. The van der Waals surface area contributed by atoms with Gasteiger partial charge < -0.3 is 29.6 Å². The summed E-state index contributed by atoms with van der Waals surface area (Å²) < 4.78 is 12.6. The number of hydrogen-bond acceptors (Lipinski definition) is 8. The number of methoxy groups -OCH3 is 2. The molecule has 0 aliphatic heterocycles. The number of carbonyl (C=O) groups is 1. The lowest BCUT2D eigenvalue weighted by atomic mass is 10.0. The van der Waals surface area contributed by atoms with E-state index in [0.717, 1.165) is 16.6 Å². The highest BCUT2D eigenvalue weighted by atomic mass is 35.5. The van der Waals surface area contributed by atoms with Crippen molar-refractivity contribution in [3.8, 4) is 22.6 Å². The Morgan fingerprint density at radius 3 is 2.53 bits per heavy atom. The van der Waals surface area contributed by atoms with Gasteiger partial charge in [-0.1, -0.05) is 29.8 Å². The number of hydrogen-bond donors (Lipinski definition) is 2. The van der Waals surface area contributed by atoms with E-state index < -0.39 is 0 Å². The highest BCUT2D eigenvalue weighted by Crippen LogP contribution is 2.39. The monoisotopic (exact) mass is 624 g/mol. The first-order valence-corrected chi connectivity index (χ1v) is 14.5. The van der Waals surface area contributed by atoms with Gasteiger partial charge in [0.25, 0.3) is 5.56 Å². The third kappa shape index (κ3) is 7.49. The minimum Gasteiger partial charge on any atom is -0.497 e. The van der Waals surface area contributed by atoms with Crippen molar-refractivity contribution in [1.82, 2.24) is 19.4 Å². The van der Waals surface area contributed by atoms with E-state index in [2.05, 4.69) is 20.6 Å². The van der Waals surface area contributed by atoms with Crippen LogP contribution in [0.5, 0.6) is 11.5 Å². The Labute approximate surface area is 265 Å². The van der Waals surface area contributed by atoms with Crippen molar-refractivity contribution < 1.29 is 14.3 Å². The van der Waals surface area contributed by atoms with Crippen LogP contribution in [0.2, 0.25) is 5.02 Å². The van der Waals surface area contributed by atoms with Crippen LogP contribution in [0.15, 0.2) is 96.2 Å². The smallest absolute Gasteiger partial charge is 0.259 e. The molecular formula is C34H33ClN6O4. The van der Waals surface area contributed by atoms with Crippen LogP contribution in [0.3, 0.4) is 0 Å². The maximum atomic E-state index is 14.3. The Morgan fingerprint density at radius 2 is 1.80 bits per heavy atom. The summed E-state index contributed by atoms with van der Waals surface area (Å²) in [6.07, 6.45) is 8.37. The van der Waals surface area contributed by atoms with Crippen LogP contribution in [0, 0.1) is 0 Å². The average molecular weight is 625 g/mol. The number of amides is 1. The quantitative estimate of drug-likeness (QED) is 0.173. The Morgan fingerprint density at radius 1 is 1.00 bits per heavy atom. The van der Waals surface area contributed by atoms with Gasteiger partial charge in [-0.25, -0.2) is 4.98 Å². The van der Waals surface area contributed by atoms with Gasteiger partial charge in [-0.05, 0) is 56.1 Å². The molecule has 0 unspecified atom stereocenters. The van der Waals surface area contributed by atoms with Gasteiger partial charge in [0.15, 0.2) is 0 Å². The number of pyridine rings is 3. The average Bonchev–Trinajstić information content (AvgIpc) is 3.03. The third-order valence-corrected chi connectivity index (χ3v) is 7.35. The summed E-state index contributed by atoms with van der Waals surface area (Å²) >= 11 is 6.74. The van der Waals surface area contributed by atoms with Crippen molar-refractivity contribution in [2.75, 3.05) is 45.5 Å². The SMILES string of the molecule is COc1cc(OC)c(Cl)c(-c2cc3cnc(Nc4ccncc4)cc3n(Cc3cccc(NC(=O)/C=C/CN(C)C)c3)c2=O)c1. The second-order valence-corrected chi connectivity index (χ2v) is 10.9. The predicted octanol–water partition coefficient (Wildman–Crippen LogP) is 5.98. The fraction of sp³-hybridized carbons (Fsp3) is 0.176. The molecule has 0 fully saturated rings. The van der Waals surface area contributed by atoms with Crippen molar-refractivity contribution in [2.24, 2.45) is 0 Å². The maximum Gasteiger partial charge on any atom is 0.259 e. The van der Waals surface area contributed by atoms with E-state index in [0.29, 0.717) is 46.2 Å². The summed E-state index contributed by atoms with van der Waals surface area (Å²) in [4.78, 5) is 37.5. The first-order chi connectivity index (χ1) is 21.7. The molecule has 10 nitrogen and oxygen atoms in total. The second kappa shape index (κ2) is 14.1. The highest BCUT2D eigenvalue weighted by molar-refractivity contribution is 6.35. The number of nitrogens with zero attached hydrogens (tertiary/aromatic N) is 4. The minimum atomic E-state index is -0.276. The maximum absolute atomic E-state index is 14.3.